The van der Waals surface area contributed by atoms with Crippen LogP contribution in [0.3, 0.4) is 0 Å². The highest BCUT2D eigenvalue weighted by Gasteiger charge is 2.44. The van der Waals surface area contributed by atoms with Gasteiger partial charge < -0.3 is 16.0 Å². The number of carbonyl (C=O) groups is 2. The van der Waals surface area contributed by atoms with E-state index < -0.39 is 17.5 Å². The lowest BCUT2D eigenvalue weighted by Crippen LogP contribution is -2.61. The molecule has 0 radical (unpaired) electrons. The first-order chi connectivity index (χ1) is 15.9. The van der Waals surface area contributed by atoms with Crippen molar-refractivity contribution in [3.05, 3.63) is 34.1 Å². The van der Waals surface area contributed by atoms with Gasteiger partial charge in [0.05, 0.1) is 0 Å². The van der Waals surface area contributed by atoms with Gasteiger partial charge in [0.2, 0.25) is 11.8 Å². The fourth-order valence-electron chi connectivity index (χ4n) is 4.90. The number of hydrogen-bond donors (Lipinski definition) is 3. The second-order valence-electron chi connectivity index (χ2n) is 11.0. The number of nitrogens with two attached hydrogens (primary N) is 2. The Hall–Kier alpha value is -1.55. The summed E-state index contributed by atoms with van der Waals surface area (Å²) in [7, 11) is 0. The molecule has 7 nitrogen and oxygen atoms in total. The van der Waals surface area contributed by atoms with Crippen LogP contribution in [-0.2, 0) is 16.0 Å². The summed E-state index contributed by atoms with van der Waals surface area (Å²) in [6, 6.07) is 3.44. The van der Waals surface area contributed by atoms with Crippen molar-refractivity contribution in [1.29, 1.82) is 0 Å². The van der Waals surface area contributed by atoms with Gasteiger partial charge >= 0.3 is 0 Å². The molecule has 2 unspecified atom stereocenters. The molecule has 0 bridgehead atoms. The highest BCUT2D eigenvalue weighted by atomic mass is 79.9. The van der Waals surface area contributed by atoms with Gasteiger partial charge in [0, 0.05) is 29.6 Å². The summed E-state index contributed by atoms with van der Waals surface area (Å²) in [5.74, 6) is 6.24. The molecule has 1 aliphatic heterocycles. The van der Waals surface area contributed by atoms with Gasteiger partial charge in [-0.1, -0.05) is 42.8 Å². The lowest BCUT2D eigenvalue weighted by molar-refractivity contribution is -0.146. The van der Waals surface area contributed by atoms with Gasteiger partial charge in [-0.25, -0.2) is 9.40 Å². The lowest BCUT2D eigenvalue weighted by atomic mass is 9.85. The summed E-state index contributed by atoms with van der Waals surface area (Å²) in [6.07, 6.45) is 3.94. The van der Waals surface area contributed by atoms with Crippen LogP contribution in [0.5, 0.6) is 0 Å². The second-order valence-corrected chi connectivity index (χ2v) is 11.9. The minimum absolute atomic E-state index is 0.0554. The number of benzene rings is 1. The molecule has 2 aliphatic rings. The number of carbonyl (C=O) groups excluding carboxylic acids is 2. The molecular formula is C25H39BrFN5O2. The third kappa shape index (κ3) is 6.77. The van der Waals surface area contributed by atoms with Crippen molar-refractivity contribution in [1.82, 2.24) is 15.2 Å². The molecule has 5 N–H and O–H groups in total. The van der Waals surface area contributed by atoms with Crippen LogP contribution in [0.25, 0.3) is 0 Å². The summed E-state index contributed by atoms with van der Waals surface area (Å²) in [4.78, 5) is 28.5. The Bertz CT molecular complexity index is 889. The van der Waals surface area contributed by atoms with E-state index in [1.54, 1.807) is 22.0 Å². The van der Waals surface area contributed by atoms with E-state index in [1.165, 1.54) is 6.07 Å². The molecule has 4 atom stereocenters. The standard InChI is InChI=1S/C25H39BrFN5O2/c1-15(12-17-9-10-18(26)13-19(17)27)30-23(33)21-6-5-11-31(21)24(34)22(25(2,3)4)32(29)14-20(28)16-7-8-16/h9-10,13,15-16,20-22H,5-8,11-12,14,28-29H2,1-4H3,(H,30,33)/t15?,20?,21-,22+/m0/s1. The zero-order valence-corrected chi connectivity index (χ0v) is 22.3. The van der Waals surface area contributed by atoms with Crippen LogP contribution < -0.4 is 16.9 Å². The third-order valence-electron chi connectivity index (χ3n) is 6.80. The van der Waals surface area contributed by atoms with E-state index in [4.69, 9.17) is 11.6 Å². The topological polar surface area (TPSA) is 105 Å². The van der Waals surface area contributed by atoms with Gasteiger partial charge in [-0.05, 0) is 68.1 Å². The predicted molar refractivity (Wildman–Crippen MR) is 135 cm³/mol. The number of hydrazine groups is 1. The summed E-state index contributed by atoms with van der Waals surface area (Å²) in [5, 5.41) is 4.56. The van der Waals surface area contributed by atoms with Gasteiger partial charge in [-0.3, -0.25) is 15.4 Å². The monoisotopic (exact) mass is 539 g/mol. The smallest absolute Gasteiger partial charge is 0.243 e. The largest absolute Gasteiger partial charge is 0.352 e. The molecule has 1 aromatic rings. The highest BCUT2D eigenvalue weighted by molar-refractivity contribution is 9.10. The summed E-state index contributed by atoms with van der Waals surface area (Å²) >= 11 is 3.26. The Labute approximate surface area is 210 Å². The van der Waals surface area contributed by atoms with E-state index >= 15 is 0 Å². The Kier molecular flexibility index (Phi) is 8.76. The molecule has 3 rings (SSSR count). The average molecular weight is 541 g/mol. The summed E-state index contributed by atoms with van der Waals surface area (Å²) in [5.41, 5.74) is 6.40. The molecule has 0 aromatic heterocycles. The Morgan fingerprint density at radius 1 is 1.29 bits per heavy atom. The van der Waals surface area contributed by atoms with E-state index in [0.29, 0.717) is 41.9 Å². The van der Waals surface area contributed by atoms with Crippen LogP contribution in [0.15, 0.2) is 22.7 Å². The summed E-state index contributed by atoms with van der Waals surface area (Å²) in [6.45, 7) is 8.76. The molecule has 1 saturated heterocycles. The van der Waals surface area contributed by atoms with E-state index in [9.17, 15) is 14.0 Å². The molecule has 9 heteroatoms. The van der Waals surface area contributed by atoms with Gasteiger partial charge in [0.25, 0.3) is 0 Å². The average Bonchev–Trinajstić information content (AvgIpc) is 3.45. The number of hydrogen-bond acceptors (Lipinski definition) is 5. The maximum Gasteiger partial charge on any atom is 0.243 e. The SMILES string of the molecule is CC(Cc1ccc(Br)cc1F)NC(=O)[C@@H]1CCCN1C(=O)[C@@H](N(N)CC(N)C1CC1)C(C)(C)C. The molecule has 190 valence electrons. The van der Waals surface area contributed by atoms with Crippen molar-refractivity contribution >= 4 is 27.7 Å². The maximum absolute atomic E-state index is 14.2. The van der Waals surface area contributed by atoms with E-state index in [-0.39, 0.29) is 29.7 Å². The first-order valence-electron chi connectivity index (χ1n) is 12.2. The van der Waals surface area contributed by atoms with Gasteiger partial charge in [-0.15, -0.1) is 0 Å². The first kappa shape index (κ1) is 27.0. The molecule has 1 saturated carbocycles. The molecule has 1 aliphatic carbocycles. The molecule has 0 spiro atoms. The molecule has 2 fully saturated rings. The Morgan fingerprint density at radius 3 is 2.56 bits per heavy atom. The molecule has 34 heavy (non-hydrogen) atoms. The van der Waals surface area contributed by atoms with Crippen LogP contribution in [0.2, 0.25) is 0 Å². The minimum Gasteiger partial charge on any atom is -0.352 e. The lowest BCUT2D eigenvalue weighted by Gasteiger charge is -2.40. The maximum atomic E-state index is 14.2. The van der Waals surface area contributed by atoms with E-state index in [0.717, 1.165) is 19.3 Å². The zero-order chi connectivity index (χ0) is 25.2. The minimum atomic E-state index is -0.583. The van der Waals surface area contributed by atoms with Crippen LogP contribution in [-0.4, -0.2) is 59.0 Å². The number of amides is 2. The van der Waals surface area contributed by atoms with Crippen molar-refractivity contribution in [3.63, 3.8) is 0 Å². The number of likely N-dealkylation sites (tertiary alicyclic amines) is 1. The van der Waals surface area contributed by atoms with Crippen molar-refractivity contribution in [2.75, 3.05) is 13.1 Å². The summed E-state index contributed by atoms with van der Waals surface area (Å²) < 4.78 is 14.9. The normalized spacial score (nSPS) is 21.4. The highest BCUT2D eigenvalue weighted by Crippen LogP contribution is 2.33. The Balaban J connectivity index is 1.66. The van der Waals surface area contributed by atoms with Gasteiger partial charge in [0.1, 0.15) is 17.9 Å². The van der Waals surface area contributed by atoms with Crippen LogP contribution >= 0.6 is 15.9 Å². The molecular weight excluding hydrogens is 501 g/mol. The second kappa shape index (κ2) is 11.0. The fraction of sp³-hybridized carbons (Fsp3) is 0.680. The van der Waals surface area contributed by atoms with Crippen molar-refractivity contribution < 1.29 is 14.0 Å². The predicted octanol–water partition coefficient (Wildman–Crippen LogP) is 2.95. The van der Waals surface area contributed by atoms with Crippen molar-refractivity contribution in [3.8, 4) is 0 Å². The molecule has 1 heterocycles. The zero-order valence-electron chi connectivity index (χ0n) is 20.7. The van der Waals surface area contributed by atoms with Crippen LogP contribution in [0.4, 0.5) is 4.39 Å². The van der Waals surface area contributed by atoms with E-state index in [2.05, 4.69) is 21.2 Å². The number of rotatable bonds is 9. The quantitative estimate of drug-likeness (QED) is 0.330. The van der Waals surface area contributed by atoms with Crippen molar-refractivity contribution in [2.24, 2.45) is 22.9 Å². The first-order valence-corrected chi connectivity index (χ1v) is 13.0. The van der Waals surface area contributed by atoms with Crippen LogP contribution in [0.1, 0.15) is 58.9 Å². The van der Waals surface area contributed by atoms with Gasteiger partial charge in [-0.2, -0.15) is 0 Å². The number of nitrogens with one attached hydrogen (secondary N) is 1. The van der Waals surface area contributed by atoms with Gasteiger partial charge in [0.15, 0.2) is 0 Å². The van der Waals surface area contributed by atoms with E-state index in [1.807, 2.05) is 27.7 Å². The number of halogens is 2. The number of nitrogens with zero attached hydrogens (tertiary/aromatic N) is 2. The Morgan fingerprint density at radius 2 is 1.97 bits per heavy atom. The molecule has 2 amide bonds. The third-order valence-corrected chi connectivity index (χ3v) is 7.30. The fourth-order valence-corrected chi connectivity index (χ4v) is 5.23. The molecule has 1 aromatic carbocycles. The van der Waals surface area contributed by atoms with Crippen LogP contribution in [0, 0.1) is 17.2 Å². The van der Waals surface area contributed by atoms with Crippen molar-refractivity contribution in [2.45, 2.75) is 84.0 Å².